The molecule has 4 nitrogen and oxygen atoms in total. The normalized spacial score (nSPS) is 12.6. The molecule has 82 valence electrons. The second kappa shape index (κ2) is 3.90. The van der Waals surface area contributed by atoms with Gasteiger partial charge in [-0.3, -0.25) is 4.98 Å². The average Bonchev–Trinajstić information content (AvgIpc) is 2.28. The highest BCUT2D eigenvalue weighted by atomic mass is 16.4. The van der Waals surface area contributed by atoms with Crippen molar-refractivity contribution in [2.24, 2.45) is 0 Å². The molecular formula is C12H11NO3. The van der Waals surface area contributed by atoms with Crippen molar-refractivity contribution in [2.75, 3.05) is 0 Å². The highest BCUT2D eigenvalue weighted by molar-refractivity contribution is 5.86. The van der Waals surface area contributed by atoms with E-state index in [1.54, 1.807) is 24.4 Å². The second-order valence-corrected chi connectivity index (χ2v) is 3.62. The van der Waals surface area contributed by atoms with Gasteiger partial charge < -0.3 is 10.2 Å². The average molecular weight is 217 g/mol. The predicted octanol–water partition coefficient (Wildman–Crippen LogP) is 1.66. The zero-order chi connectivity index (χ0) is 11.7. The van der Waals surface area contributed by atoms with E-state index in [9.17, 15) is 9.90 Å². The maximum Gasteiger partial charge on any atom is 0.337 e. The van der Waals surface area contributed by atoms with E-state index in [1.165, 1.54) is 0 Å². The molecule has 1 aromatic heterocycles. The molecule has 0 fully saturated rings. The van der Waals surface area contributed by atoms with Crippen molar-refractivity contribution >= 4 is 16.7 Å². The molecule has 0 aliphatic carbocycles. The van der Waals surface area contributed by atoms with Crippen LogP contribution in [0.5, 0.6) is 0 Å². The van der Waals surface area contributed by atoms with Crippen LogP contribution in [0.2, 0.25) is 0 Å². The molecule has 2 aromatic rings. The Labute approximate surface area is 92.2 Å². The highest BCUT2D eigenvalue weighted by Crippen LogP contribution is 2.22. The number of carboxylic acid groups (broad SMARTS) is 1. The van der Waals surface area contributed by atoms with Gasteiger partial charge in [-0.2, -0.15) is 0 Å². The van der Waals surface area contributed by atoms with Gasteiger partial charge in [0.15, 0.2) is 6.10 Å². The van der Waals surface area contributed by atoms with E-state index in [0.29, 0.717) is 5.56 Å². The van der Waals surface area contributed by atoms with Crippen molar-refractivity contribution < 1.29 is 15.0 Å². The molecular weight excluding hydrogens is 206 g/mol. The largest absolute Gasteiger partial charge is 0.479 e. The summed E-state index contributed by atoms with van der Waals surface area (Å²) >= 11 is 0. The summed E-state index contributed by atoms with van der Waals surface area (Å²) in [5.41, 5.74) is 1.19. The molecule has 0 amide bonds. The molecule has 1 aromatic carbocycles. The number of aliphatic hydroxyl groups is 1. The number of aryl methyl sites for hydroxylation is 1. The van der Waals surface area contributed by atoms with Gasteiger partial charge in [0.1, 0.15) is 0 Å². The van der Waals surface area contributed by atoms with Crippen LogP contribution in [-0.4, -0.2) is 21.2 Å². The Morgan fingerprint density at radius 2 is 2.12 bits per heavy atom. The van der Waals surface area contributed by atoms with Crippen molar-refractivity contribution in [2.45, 2.75) is 13.0 Å². The van der Waals surface area contributed by atoms with E-state index in [0.717, 1.165) is 16.5 Å². The summed E-state index contributed by atoms with van der Waals surface area (Å²) in [6, 6.07) is 6.90. The van der Waals surface area contributed by atoms with Gasteiger partial charge >= 0.3 is 5.97 Å². The summed E-state index contributed by atoms with van der Waals surface area (Å²) in [7, 11) is 0. The number of hydrogen-bond donors (Lipinski definition) is 2. The van der Waals surface area contributed by atoms with Crippen LogP contribution in [0.25, 0.3) is 10.8 Å². The highest BCUT2D eigenvalue weighted by Gasteiger charge is 2.16. The van der Waals surface area contributed by atoms with E-state index in [2.05, 4.69) is 4.98 Å². The lowest BCUT2D eigenvalue weighted by molar-refractivity contribution is -0.146. The van der Waals surface area contributed by atoms with Crippen molar-refractivity contribution in [3.63, 3.8) is 0 Å². The van der Waals surface area contributed by atoms with E-state index >= 15 is 0 Å². The van der Waals surface area contributed by atoms with Crippen molar-refractivity contribution in [1.29, 1.82) is 0 Å². The first-order chi connectivity index (χ1) is 7.59. The van der Waals surface area contributed by atoms with Gasteiger partial charge in [0, 0.05) is 17.3 Å². The summed E-state index contributed by atoms with van der Waals surface area (Å²) in [5.74, 6) is -1.25. The summed E-state index contributed by atoms with van der Waals surface area (Å²) < 4.78 is 0. The first-order valence-electron chi connectivity index (χ1n) is 4.86. The van der Waals surface area contributed by atoms with Gasteiger partial charge in [0.25, 0.3) is 0 Å². The molecule has 1 unspecified atom stereocenters. The standard InChI is InChI=1S/C12H11NO3/c1-7-10-6-9(11(14)12(15)16)3-2-8(10)4-5-13-7/h2-6,11,14H,1H3,(H,15,16). The molecule has 0 saturated heterocycles. The Balaban J connectivity index is 2.59. The molecule has 0 radical (unpaired) electrons. The van der Waals surface area contributed by atoms with Crippen LogP contribution < -0.4 is 0 Å². The molecule has 16 heavy (non-hydrogen) atoms. The summed E-state index contributed by atoms with van der Waals surface area (Å²) in [6.45, 7) is 1.85. The number of carboxylic acids is 1. The Hall–Kier alpha value is -1.94. The van der Waals surface area contributed by atoms with E-state index in [-0.39, 0.29) is 0 Å². The van der Waals surface area contributed by atoms with Crippen LogP contribution in [0.15, 0.2) is 30.5 Å². The van der Waals surface area contributed by atoms with Crippen molar-refractivity contribution in [1.82, 2.24) is 4.98 Å². The minimum absolute atomic E-state index is 0.371. The van der Waals surface area contributed by atoms with E-state index in [1.807, 2.05) is 13.0 Å². The van der Waals surface area contributed by atoms with Crippen LogP contribution in [-0.2, 0) is 4.79 Å². The first-order valence-corrected chi connectivity index (χ1v) is 4.86. The van der Waals surface area contributed by atoms with Crippen molar-refractivity contribution in [3.05, 3.63) is 41.7 Å². The van der Waals surface area contributed by atoms with E-state index in [4.69, 9.17) is 5.11 Å². The number of nitrogens with zero attached hydrogens (tertiary/aromatic N) is 1. The third-order valence-corrected chi connectivity index (χ3v) is 2.54. The van der Waals surface area contributed by atoms with Crippen LogP contribution in [0.1, 0.15) is 17.4 Å². The lowest BCUT2D eigenvalue weighted by Gasteiger charge is -2.08. The molecule has 0 aliphatic heterocycles. The molecule has 0 spiro atoms. The van der Waals surface area contributed by atoms with Gasteiger partial charge in [-0.1, -0.05) is 12.1 Å². The fraction of sp³-hybridized carbons (Fsp3) is 0.167. The lowest BCUT2D eigenvalue weighted by atomic mass is 10.0. The number of hydrogen-bond acceptors (Lipinski definition) is 3. The number of pyridine rings is 1. The monoisotopic (exact) mass is 217 g/mol. The Morgan fingerprint density at radius 1 is 1.38 bits per heavy atom. The van der Waals surface area contributed by atoms with Crippen LogP contribution in [0.3, 0.4) is 0 Å². The first kappa shape index (κ1) is 10.6. The van der Waals surface area contributed by atoms with Crippen molar-refractivity contribution in [3.8, 4) is 0 Å². The van der Waals surface area contributed by atoms with Crippen LogP contribution >= 0.6 is 0 Å². The zero-order valence-electron chi connectivity index (χ0n) is 8.71. The fourth-order valence-corrected chi connectivity index (χ4v) is 1.64. The SMILES string of the molecule is Cc1nccc2ccc(C(O)C(=O)O)cc12. The van der Waals surface area contributed by atoms with Crippen LogP contribution in [0.4, 0.5) is 0 Å². The molecule has 1 heterocycles. The topological polar surface area (TPSA) is 70.4 Å². The van der Waals surface area contributed by atoms with Gasteiger partial charge in [0.2, 0.25) is 0 Å². The van der Waals surface area contributed by atoms with Gasteiger partial charge in [-0.15, -0.1) is 0 Å². The zero-order valence-corrected chi connectivity index (χ0v) is 8.71. The third-order valence-electron chi connectivity index (χ3n) is 2.54. The number of aliphatic carboxylic acids is 1. The fourth-order valence-electron chi connectivity index (χ4n) is 1.64. The second-order valence-electron chi connectivity index (χ2n) is 3.62. The van der Waals surface area contributed by atoms with Crippen LogP contribution in [0, 0.1) is 6.92 Å². The molecule has 2 rings (SSSR count). The van der Waals surface area contributed by atoms with Gasteiger partial charge in [-0.05, 0) is 30.0 Å². The molecule has 0 bridgehead atoms. The summed E-state index contributed by atoms with van der Waals surface area (Å²) in [6.07, 6.45) is 0.217. The van der Waals surface area contributed by atoms with Gasteiger partial charge in [-0.25, -0.2) is 4.79 Å². The number of aliphatic hydroxyl groups excluding tert-OH is 1. The Bertz CT molecular complexity index is 551. The quantitative estimate of drug-likeness (QED) is 0.802. The van der Waals surface area contributed by atoms with E-state index < -0.39 is 12.1 Å². The minimum atomic E-state index is -1.48. The maximum absolute atomic E-state index is 10.7. The number of carbonyl (C=O) groups is 1. The molecule has 1 atom stereocenters. The Kier molecular flexibility index (Phi) is 2.58. The number of rotatable bonds is 2. The third kappa shape index (κ3) is 1.75. The number of benzene rings is 1. The lowest BCUT2D eigenvalue weighted by Crippen LogP contribution is -2.10. The smallest absolute Gasteiger partial charge is 0.337 e. The summed E-state index contributed by atoms with van der Waals surface area (Å²) in [4.78, 5) is 14.8. The number of fused-ring (bicyclic) bond motifs is 1. The van der Waals surface area contributed by atoms with Gasteiger partial charge in [0.05, 0.1) is 0 Å². The Morgan fingerprint density at radius 3 is 2.81 bits per heavy atom. The predicted molar refractivity (Wildman–Crippen MR) is 59.1 cm³/mol. The maximum atomic E-state index is 10.7. The number of aromatic nitrogens is 1. The summed E-state index contributed by atoms with van der Waals surface area (Å²) in [5, 5.41) is 20.0. The molecule has 4 heteroatoms. The molecule has 0 aliphatic rings. The minimum Gasteiger partial charge on any atom is -0.479 e. The molecule has 0 saturated carbocycles. The molecule has 2 N–H and O–H groups in total.